The molecule has 0 bridgehead atoms. The van der Waals surface area contributed by atoms with Gasteiger partial charge in [-0.05, 0) is 67.9 Å². The predicted octanol–water partition coefficient (Wildman–Crippen LogP) is 6.52. The largest absolute Gasteiger partial charge is 0.497 e. The monoisotopic (exact) mass is 533 g/mol. The maximum atomic E-state index is 14.2. The Morgan fingerprint density at radius 3 is 2.60 bits per heavy atom. The van der Waals surface area contributed by atoms with Gasteiger partial charge in [-0.3, -0.25) is 0 Å². The molecule has 0 fully saturated rings. The Hall–Kier alpha value is -4.98. The normalized spacial score (nSPS) is 14.2. The second kappa shape index (κ2) is 10.6. The second-order valence-electron chi connectivity index (χ2n) is 9.60. The number of hydrogen-bond acceptors (Lipinski definition) is 4. The van der Waals surface area contributed by atoms with Gasteiger partial charge in [-0.1, -0.05) is 42.5 Å². The molecular weight excluding hydrogens is 502 g/mol. The second-order valence-corrected chi connectivity index (χ2v) is 9.60. The molecule has 0 saturated heterocycles. The SMILES string of the molecule is CCOc1ccccc1NC(=O)N1Cc2c(C)nn(-c3ccccc3)c2-n2cccc2C1c1cccc(OC)c1. The van der Waals surface area contributed by atoms with Crippen molar-refractivity contribution in [1.29, 1.82) is 0 Å². The molecule has 1 aliphatic heterocycles. The molecule has 40 heavy (non-hydrogen) atoms. The Kier molecular flexibility index (Phi) is 6.74. The minimum atomic E-state index is -0.402. The highest BCUT2D eigenvalue weighted by molar-refractivity contribution is 5.91. The van der Waals surface area contributed by atoms with Crippen LogP contribution in [0, 0.1) is 6.92 Å². The number of nitrogens with one attached hydrogen (secondary N) is 1. The van der Waals surface area contributed by atoms with E-state index >= 15 is 0 Å². The van der Waals surface area contributed by atoms with Crippen LogP contribution >= 0.6 is 0 Å². The van der Waals surface area contributed by atoms with Gasteiger partial charge < -0.3 is 24.3 Å². The fourth-order valence-corrected chi connectivity index (χ4v) is 5.35. The summed E-state index contributed by atoms with van der Waals surface area (Å²) in [6, 6.07) is 28.9. The first-order valence-corrected chi connectivity index (χ1v) is 13.3. The average molecular weight is 534 g/mol. The van der Waals surface area contributed by atoms with Crippen molar-refractivity contribution in [1.82, 2.24) is 19.2 Å². The third-order valence-corrected chi connectivity index (χ3v) is 7.19. The highest BCUT2D eigenvalue weighted by atomic mass is 16.5. The number of anilines is 1. The van der Waals surface area contributed by atoms with E-state index in [2.05, 4.69) is 16.0 Å². The third kappa shape index (κ3) is 4.47. The van der Waals surface area contributed by atoms with Crippen LogP contribution < -0.4 is 14.8 Å². The fourth-order valence-electron chi connectivity index (χ4n) is 5.35. The van der Waals surface area contributed by atoms with E-state index in [0.29, 0.717) is 24.6 Å². The number of benzene rings is 3. The van der Waals surface area contributed by atoms with Crippen LogP contribution in [0.5, 0.6) is 11.5 Å². The van der Waals surface area contributed by atoms with Crippen LogP contribution in [-0.4, -0.2) is 39.0 Å². The van der Waals surface area contributed by atoms with Crippen molar-refractivity contribution >= 4 is 11.7 Å². The number of ether oxygens (including phenoxy) is 2. The lowest BCUT2D eigenvalue weighted by molar-refractivity contribution is 0.194. The van der Waals surface area contributed by atoms with Gasteiger partial charge in [-0.15, -0.1) is 0 Å². The van der Waals surface area contributed by atoms with E-state index in [-0.39, 0.29) is 6.03 Å². The summed E-state index contributed by atoms with van der Waals surface area (Å²) in [7, 11) is 1.65. The van der Waals surface area contributed by atoms with Crippen molar-refractivity contribution in [3.05, 3.63) is 120 Å². The maximum absolute atomic E-state index is 14.2. The molecular formula is C32H31N5O3. The van der Waals surface area contributed by atoms with E-state index in [1.165, 1.54) is 0 Å². The van der Waals surface area contributed by atoms with Crippen molar-refractivity contribution in [2.75, 3.05) is 19.0 Å². The van der Waals surface area contributed by atoms with Crippen molar-refractivity contribution < 1.29 is 14.3 Å². The molecule has 2 amide bonds. The van der Waals surface area contributed by atoms with Crippen molar-refractivity contribution in [2.24, 2.45) is 0 Å². The molecule has 8 nitrogen and oxygen atoms in total. The molecule has 2 aromatic heterocycles. The molecule has 8 heteroatoms. The van der Waals surface area contributed by atoms with Crippen LogP contribution in [-0.2, 0) is 6.54 Å². The highest BCUT2D eigenvalue weighted by Gasteiger charge is 2.36. The van der Waals surface area contributed by atoms with E-state index in [0.717, 1.165) is 39.8 Å². The van der Waals surface area contributed by atoms with Crippen LogP contribution in [0.2, 0.25) is 0 Å². The van der Waals surface area contributed by atoms with Crippen LogP contribution in [0.3, 0.4) is 0 Å². The number of para-hydroxylation sites is 3. The summed E-state index contributed by atoms with van der Waals surface area (Å²) in [6.45, 7) is 4.76. The molecule has 0 aliphatic carbocycles. The number of hydrogen-bond donors (Lipinski definition) is 1. The molecule has 3 heterocycles. The number of aryl methyl sites for hydroxylation is 1. The van der Waals surface area contributed by atoms with E-state index in [1.807, 2.05) is 115 Å². The molecule has 0 radical (unpaired) electrons. The van der Waals surface area contributed by atoms with Crippen LogP contribution in [0.15, 0.2) is 97.2 Å². The highest BCUT2D eigenvalue weighted by Crippen LogP contribution is 2.39. The molecule has 0 spiro atoms. The molecule has 3 aromatic carbocycles. The Bertz CT molecular complexity index is 1660. The fraction of sp³-hybridized carbons (Fsp3) is 0.188. The Balaban J connectivity index is 1.53. The number of fused-ring (bicyclic) bond motifs is 3. The van der Waals surface area contributed by atoms with E-state index in [4.69, 9.17) is 14.6 Å². The minimum absolute atomic E-state index is 0.243. The number of nitrogens with zero attached hydrogens (tertiary/aromatic N) is 4. The zero-order chi connectivity index (χ0) is 27.6. The summed E-state index contributed by atoms with van der Waals surface area (Å²) in [5.41, 5.74) is 5.28. The summed E-state index contributed by atoms with van der Waals surface area (Å²) in [4.78, 5) is 16.1. The summed E-state index contributed by atoms with van der Waals surface area (Å²) in [5.74, 6) is 2.27. The average Bonchev–Trinajstić information content (AvgIpc) is 3.55. The molecule has 1 unspecified atom stereocenters. The quantitative estimate of drug-likeness (QED) is 0.270. The number of methoxy groups -OCH3 is 1. The molecule has 6 rings (SSSR count). The molecule has 1 aliphatic rings. The van der Waals surface area contributed by atoms with Gasteiger partial charge in [0.2, 0.25) is 0 Å². The number of carbonyl (C=O) groups excluding carboxylic acids is 1. The third-order valence-electron chi connectivity index (χ3n) is 7.19. The number of urea groups is 1. The summed E-state index contributed by atoms with van der Waals surface area (Å²) >= 11 is 0. The molecule has 5 aromatic rings. The molecule has 1 atom stereocenters. The first-order valence-electron chi connectivity index (χ1n) is 13.3. The topological polar surface area (TPSA) is 73.5 Å². The Labute approximate surface area is 233 Å². The van der Waals surface area contributed by atoms with Crippen LogP contribution in [0.25, 0.3) is 11.5 Å². The minimum Gasteiger partial charge on any atom is -0.497 e. The van der Waals surface area contributed by atoms with Gasteiger partial charge in [-0.25, -0.2) is 9.48 Å². The summed E-state index contributed by atoms with van der Waals surface area (Å²) in [6.07, 6.45) is 2.04. The van der Waals surface area contributed by atoms with Gasteiger partial charge in [0.1, 0.15) is 17.3 Å². The van der Waals surface area contributed by atoms with Gasteiger partial charge in [-0.2, -0.15) is 5.10 Å². The number of aromatic nitrogens is 3. The van der Waals surface area contributed by atoms with E-state index in [9.17, 15) is 4.79 Å². The standard InChI is InChI=1S/C32H31N5O3/c1-4-40-29-18-9-8-16-27(29)33-32(38)36-21-26-22(2)34-37(24-13-6-5-7-14-24)31(26)35-19-11-17-28(35)30(36)23-12-10-15-25(20-23)39-3/h5-20,30H,4,21H2,1-3H3,(H,33,38). The van der Waals surface area contributed by atoms with Crippen LogP contribution in [0.4, 0.5) is 10.5 Å². The van der Waals surface area contributed by atoms with Gasteiger partial charge >= 0.3 is 6.03 Å². The molecule has 202 valence electrons. The molecule has 0 saturated carbocycles. The summed E-state index contributed by atoms with van der Waals surface area (Å²) < 4.78 is 15.5. The lowest BCUT2D eigenvalue weighted by atomic mass is 10.0. The van der Waals surface area contributed by atoms with Gasteiger partial charge in [0.25, 0.3) is 0 Å². The summed E-state index contributed by atoms with van der Waals surface area (Å²) in [5, 5.41) is 8.05. The lowest BCUT2D eigenvalue weighted by Gasteiger charge is -2.31. The van der Waals surface area contributed by atoms with Crippen molar-refractivity contribution in [2.45, 2.75) is 26.4 Å². The predicted molar refractivity (Wildman–Crippen MR) is 155 cm³/mol. The zero-order valence-electron chi connectivity index (χ0n) is 22.7. The first-order chi connectivity index (χ1) is 19.6. The Morgan fingerprint density at radius 2 is 1.80 bits per heavy atom. The number of rotatable bonds is 6. The van der Waals surface area contributed by atoms with Crippen molar-refractivity contribution in [3.63, 3.8) is 0 Å². The smallest absolute Gasteiger partial charge is 0.323 e. The van der Waals surface area contributed by atoms with Gasteiger partial charge in [0.05, 0.1) is 49.1 Å². The van der Waals surface area contributed by atoms with Crippen LogP contribution in [0.1, 0.15) is 35.5 Å². The van der Waals surface area contributed by atoms with Gasteiger partial charge in [0.15, 0.2) is 0 Å². The number of carbonyl (C=O) groups is 1. The maximum Gasteiger partial charge on any atom is 0.323 e. The zero-order valence-corrected chi connectivity index (χ0v) is 22.7. The first kappa shape index (κ1) is 25.3. The van der Waals surface area contributed by atoms with E-state index in [1.54, 1.807) is 7.11 Å². The molecule has 1 N–H and O–H groups in total. The van der Waals surface area contributed by atoms with Crippen molar-refractivity contribution in [3.8, 4) is 23.0 Å². The van der Waals surface area contributed by atoms with Gasteiger partial charge in [0, 0.05) is 11.8 Å². The lowest BCUT2D eigenvalue weighted by Crippen LogP contribution is -2.38. The van der Waals surface area contributed by atoms with E-state index < -0.39 is 6.04 Å². The Morgan fingerprint density at radius 1 is 1.00 bits per heavy atom. The number of amides is 2.